The molecule has 1 aliphatic carbocycles. The Morgan fingerprint density at radius 3 is 2.18 bits per heavy atom. The van der Waals surface area contributed by atoms with Crippen molar-refractivity contribution >= 4 is 17.6 Å². The second kappa shape index (κ2) is 5.55. The van der Waals surface area contributed by atoms with Crippen LogP contribution in [0.15, 0.2) is 24.3 Å². The van der Waals surface area contributed by atoms with Crippen LogP contribution in [0.25, 0.3) is 0 Å². The molecule has 0 bridgehead atoms. The minimum atomic E-state index is 0.156. The van der Waals surface area contributed by atoms with Gasteiger partial charge in [-0.2, -0.15) is 15.0 Å². The molecule has 1 heterocycles. The number of benzene rings is 1. The molecule has 0 radical (unpaired) electrons. The number of nitrogens with one attached hydrogen (secondary N) is 2. The van der Waals surface area contributed by atoms with E-state index in [-0.39, 0.29) is 5.41 Å². The van der Waals surface area contributed by atoms with Gasteiger partial charge in [0, 0.05) is 11.7 Å². The summed E-state index contributed by atoms with van der Waals surface area (Å²) in [5.41, 5.74) is 2.45. The van der Waals surface area contributed by atoms with Gasteiger partial charge < -0.3 is 10.6 Å². The normalized spacial score (nSPS) is 14.7. The summed E-state index contributed by atoms with van der Waals surface area (Å²) in [6.07, 6.45) is 2.39. The molecule has 5 heteroatoms. The van der Waals surface area contributed by atoms with Crippen LogP contribution in [-0.4, -0.2) is 21.0 Å². The van der Waals surface area contributed by atoms with Crippen LogP contribution in [0.2, 0.25) is 0 Å². The quantitative estimate of drug-likeness (QED) is 0.899. The lowest BCUT2D eigenvalue weighted by atomic mass is 9.87. The Bertz CT molecular complexity index is 654. The Labute approximate surface area is 131 Å². The molecule has 2 N–H and O–H groups in total. The van der Waals surface area contributed by atoms with E-state index >= 15 is 0 Å². The van der Waals surface area contributed by atoms with Crippen molar-refractivity contribution in [3.63, 3.8) is 0 Å². The van der Waals surface area contributed by atoms with E-state index in [1.54, 1.807) is 0 Å². The molecule has 0 saturated heterocycles. The molecule has 116 valence electrons. The summed E-state index contributed by atoms with van der Waals surface area (Å²) in [7, 11) is 0. The van der Waals surface area contributed by atoms with E-state index in [0.29, 0.717) is 23.8 Å². The number of aryl methyl sites for hydroxylation is 1. The second-order valence-electron chi connectivity index (χ2n) is 6.90. The summed E-state index contributed by atoms with van der Waals surface area (Å²) in [5.74, 6) is 1.95. The average molecular weight is 297 g/mol. The highest BCUT2D eigenvalue weighted by molar-refractivity contribution is 5.55. The Balaban J connectivity index is 1.75. The molecule has 0 atom stereocenters. The van der Waals surface area contributed by atoms with Crippen molar-refractivity contribution < 1.29 is 0 Å². The molecule has 3 rings (SSSR count). The maximum absolute atomic E-state index is 4.44. The van der Waals surface area contributed by atoms with Crippen molar-refractivity contribution in [2.24, 2.45) is 0 Å². The molecule has 1 aliphatic rings. The van der Waals surface area contributed by atoms with Gasteiger partial charge in [-0.3, -0.25) is 0 Å². The van der Waals surface area contributed by atoms with Gasteiger partial charge in [-0.1, -0.05) is 32.9 Å². The first-order valence-corrected chi connectivity index (χ1v) is 7.77. The van der Waals surface area contributed by atoms with Gasteiger partial charge >= 0.3 is 0 Å². The first kappa shape index (κ1) is 14.8. The molecular formula is C17H23N5. The molecular weight excluding hydrogens is 274 g/mol. The Kier molecular flexibility index (Phi) is 3.72. The zero-order valence-electron chi connectivity index (χ0n) is 13.6. The fourth-order valence-electron chi connectivity index (χ4n) is 2.20. The fourth-order valence-corrected chi connectivity index (χ4v) is 2.20. The van der Waals surface area contributed by atoms with Crippen LogP contribution in [0.4, 0.5) is 17.6 Å². The van der Waals surface area contributed by atoms with E-state index in [2.05, 4.69) is 70.6 Å². The molecule has 0 aliphatic heterocycles. The Hall–Kier alpha value is -2.17. The largest absolute Gasteiger partial charge is 0.351 e. The molecule has 2 aromatic rings. The van der Waals surface area contributed by atoms with Crippen LogP contribution in [-0.2, 0) is 5.41 Å². The number of rotatable bonds is 4. The van der Waals surface area contributed by atoms with Gasteiger partial charge in [-0.05, 0) is 42.9 Å². The molecule has 22 heavy (non-hydrogen) atoms. The molecule has 0 spiro atoms. The average Bonchev–Trinajstić information content (AvgIpc) is 3.21. The van der Waals surface area contributed by atoms with Crippen LogP contribution in [0.3, 0.4) is 0 Å². The molecule has 5 nitrogen and oxygen atoms in total. The Morgan fingerprint density at radius 2 is 1.59 bits per heavy atom. The SMILES string of the molecule is Cc1nc(Nc2ccc(C(C)(C)C)cc2)nc(NC2CC2)n1. The molecule has 0 amide bonds. The molecule has 1 aromatic carbocycles. The lowest BCUT2D eigenvalue weighted by Gasteiger charge is -2.19. The maximum Gasteiger partial charge on any atom is 0.232 e. The van der Waals surface area contributed by atoms with Crippen molar-refractivity contribution in [2.75, 3.05) is 10.6 Å². The van der Waals surface area contributed by atoms with Gasteiger partial charge in [-0.25, -0.2) is 0 Å². The van der Waals surface area contributed by atoms with Gasteiger partial charge in [0.1, 0.15) is 5.82 Å². The maximum atomic E-state index is 4.44. The molecule has 1 fully saturated rings. The third kappa shape index (κ3) is 3.72. The third-order valence-corrected chi connectivity index (χ3v) is 3.66. The van der Waals surface area contributed by atoms with Crippen LogP contribution < -0.4 is 10.6 Å². The summed E-state index contributed by atoms with van der Waals surface area (Å²) in [6.45, 7) is 8.51. The predicted molar refractivity (Wildman–Crippen MR) is 89.6 cm³/mol. The van der Waals surface area contributed by atoms with Crippen molar-refractivity contribution in [2.45, 2.75) is 52.0 Å². The van der Waals surface area contributed by atoms with E-state index in [0.717, 1.165) is 5.69 Å². The van der Waals surface area contributed by atoms with Crippen LogP contribution >= 0.6 is 0 Å². The van der Waals surface area contributed by atoms with Crippen molar-refractivity contribution in [1.82, 2.24) is 15.0 Å². The number of aromatic nitrogens is 3. The standard InChI is InChI=1S/C17H23N5/c1-11-18-15(22-16(19-11)21-14-9-10-14)20-13-7-5-12(6-8-13)17(2,3)4/h5-8,14H,9-10H2,1-4H3,(H2,18,19,20,21,22). The van der Waals surface area contributed by atoms with E-state index in [9.17, 15) is 0 Å². The van der Waals surface area contributed by atoms with Crippen LogP contribution in [0, 0.1) is 6.92 Å². The van der Waals surface area contributed by atoms with Gasteiger partial charge in [0.05, 0.1) is 0 Å². The van der Waals surface area contributed by atoms with Crippen molar-refractivity contribution in [1.29, 1.82) is 0 Å². The van der Waals surface area contributed by atoms with Crippen LogP contribution in [0.5, 0.6) is 0 Å². The third-order valence-electron chi connectivity index (χ3n) is 3.66. The summed E-state index contributed by atoms with van der Waals surface area (Å²) >= 11 is 0. The van der Waals surface area contributed by atoms with E-state index in [1.807, 2.05) is 6.92 Å². The lowest BCUT2D eigenvalue weighted by Crippen LogP contribution is -2.11. The minimum absolute atomic E-state index is 0.156. The number of nitrogens with zero attached hydrogens (tertiary/aromatic N) is 3. The minimum Gasteiger partial charge on any atom is -0.351 e. The summed E-state index contributed by atoms with van der Waals surface area (Å²) < 4.78 is 0. The van der Waals surface area contributed by atoms with E-state index < -0.39 is 0 Å². The number of hydrogen-bond acceptors (Lipinski definition) is 5. The molecule has 1 saturated carbocycles. The highest BCUT2D eigenvalue weighted by Gasteiger charge is 2.22. The fraction of sp³-hybridized carbons (Fsp3) is 0.471. The smallest absolute Gasteiger partial charge is 0.232 e. The highest BCUT2D eigenvalue weighted by Crippen LogP contribution is 2.25. The zero-order chi connectivity index (χ0) is 15.7. The van der Waals surface area contributed by atoms with Gasteiger partial charge in [0.15, 0.2) is 0 Å². The predicted octanol–water partition coefficient (Wildman–Crippen LogP) is 3.80. The molecule has 1 aromatic heterocycles. The van der Waals surface area contributed by atoms with E-state index in [1.165, 1.54) is 18.4 Å². The molecule has 0 unspecified atom stereocenters. The van der Waals surface area contributed by atoms with Gasteiger partial charge in [0.2, 0.25) is 11.9 Å². The first-order chi connectivity index (χ1) is 10.4. The number of anilines is 3. The van der Waals surface area contributed by atoms with Crippen molar-refractivity contribution in [3.05, 3.63) is 35.7 Å². The van der Waals surface area contributed by atoms with E-state index in [4.69, 9.17) is 0 Å². The monoisotopic (exact) mass is 297 g/mol. The summed E-state index contributed by atoms with van der Waals surface area (Å²) in [5, 5.41) is 6.56. The summed E-state index contributed by atoms with van der Waals surface area (Å²) in [6, 6.07) is 8.93. The van der Waals surface area contributed by atoms with Crippen molar-refractivity contribution in [3.8, 4) is 0 Å². The first-order valence-electron chi connectivity index (χ1n) is 7.77. The van der Waals surface area contributed by atoms with Crippen LogP contribution in [0.1, 0.15) is 45.0 Å². The second-order valence-corrected chi connectivity index (χ2v) is 6.90. The topological polar surface area (TPSA) is 62.7 Å². The van der Waals surface area contributed by atoms with Gasteiger partial charge in [0.25, 0.3) is 0 Å². The Morgan fingerprint density at radius 1 is 0.955 bits per heavy atom. The number of hydrogen-bond donors (Lipinski definition) is 2. The zero-order valence-corrected chi connectivity index (χ0v) is 13.6. The highest BCUT2D eigenvalue weighted by atomic mass is 15.2. The summed E-state index contributed by atoms with van der Waals surface area (Å²) in [4.78, 5) is 13.1. The lowest BCUT2D eigenvalue weighted by molar-refractivity contribution is 0.590. The van der Waals surface area contributed by atoms with Gasteiger partial charge in [-0.15, -0.1) is 0 Å².